The molecule has 1 saturated carbocycles. The standard InChI is InChI=1S/C25H19ClN4O/c26-19-7-10-21-22(14-19)30-24(29-21)25(11-2-12-25)18-5-8-20(9-6-18)28-23(31)17-4-1-3-16(13-17)15-27/h1,3-10,13-14H,2,11-12H2,(H,28,31)(H,29,30). The number of aromatic amines is 1. The Labute approximate surface area is 184 Å². The Balaban J connectivity index is 1.40. The number of nitrogens with zero attached hydrogens (tertiary/aromatic N) is 2. The molecule has 2 N–H and O–H groups in total. The molecule has 3 aromatic carbocycles. The lowest BCUT2D eigenvalue weighted by Crippen LogP contribution is -2.36. The predicted molar refractivity (Wildman–Crippen MR) is 121 cm³/mol. The van der Waals surface area contributed by atoms with Gasteiger partial charge in [-0.2, -0.15) is 5.26 Å². The Morgan fingerprint density at radius 3 is 2.61 bits per heavy atom. The van der Waals surface area contributed by atoms with Crippen molar-refractivity contribution in [3.05, 3.63) is 94.3 Å². The third-order valence-corrected chi connectivity index (χ3v) is 6.29. The van der Waals surface area contributed by atoms with Crippen LogP contribution in [0.5, 0.6) is 0 Å². The number of H-pyrrole nitrogens is 1. The molecule has 6 heteroatoms. The molecule has 0 bridgehead atoms. The first-order chi connectivity index (χ1) is 15.1. The van der Waals surface area contributed by atoms with Crippen LogP contribution in [-0.2, 0) is 5.41 Å². The largest absolute Gasteiger partial charge is 0.341 e. The zero-order valence-electron chi connectivity index (χ0n) is 16.7. The van der Waals surface area contributed by atoms with Crippen molar-refractivity contribution in [2.45, 2.75) is 24.7 Å². The topological polar surface area (TPSA) is 81.6 Å². The van der Waals surface area contributed by atoms with Crippen LogP contribution in [0.25, 0.3) is 11.0 Å². The van der Waals surface area contributed by atoms with Gasteiger partial charge in [0.2, 0.25) is 0 Å². The fraction of sp³-hybridized carbons (Fsp3) is 0.160. The molecule has 0 saturated heterocycles. The summed E-state index contributed by atoms with van der Waals surface area (Å²) in [5.41, 5.74) is 4.51. The first-order valence-electron chi connectivity index (χ1n) is 10.2. The molecule has 0 aliphatic heterocycles. The van der Waals surface area contributed by atoms with Gasteiger partial charge in [0.05, 0.1) is 28.1 Å². The molecule has 1 aliphatic carbocycles. The molecule has 0 spiro atoms. The van der Waals surface area contributed by atoms with E-state index in [1.165, 1.54) is 5.56 Å². The number of nitriles is 1. The van der Waals surface area contributed by atoms with Crippen LogP contribution in [0.3, 0.4) is 0 Å². The van der Waals surface area contributed by atoms with E-state index in [4.69, 9.17) is 21.8 Å². The van der Waals surface area contributed by atoms with Gasteiger partial charge < -0.3 is 10.3 Å². The van der Waals surface area contributed by atoms with Crippen LogP contribution in [0.2, 0.25) is 5.02 Å². The van der Waals surface area contributed by atoms with Crippen molar-refractivity contribution in [2.75, 3.05) is 5.32 Å². The van der Waals surface area contributed by atoms with E-state index in [0.29, 0.717) is 21.8 Å². The fourth-order valence-corrected chi connectivity index (χ4v) is 4.38. The van der Waals surface area contributed by atoms with Crippen LogP contribution in [0, 0.1) is 11.3 Å². The van der Waals surface area contributed by atoms with E-state index in [0.717, 1.165) is 36.1 Å². The first-order valence-corrected chi connectivity index (χ1v) is 10.5. The summed E-state index contributed by atoms with van der Waals surface area (Å²) in [5, 5.41) is 12.6. The predicted octanol–water partition coefficient (Wildman–Crippen LogP) is 5.81. The van der Waals surface area contributed by atoms with E-state index in [1.54, 1.807) is 24.3 Å². The highest BCUT2D eigenvalue weighted by atomic mass is 35.5. The number of benzene rings is 3. The number of aromatic nitrogens is 2. The van der Waals surface area contributed by atoms with E-state index in [1.807, 2.05) is 30.3 Å². The lowest BCUT2D eigenvalue weighted by molar-refractivity contribution is 0.102. The fourth-order valence-electron chi connectivity index (χ4n) is 4.21. The summed E-state index contributed by atoms with van der Waals surface area (Å²) in [6, 6.07) is 22.4. The molecule has 5 nitrogen and oxygen atoms in total. The monoisotopic (exact) mass is 426 g/mol. The Bertz CT molecular complexity index is 1330. The lowest BCUT2D eigenvalue weighted by atomic mass is 9.64. The maximum atomic E-state index is 12.5. The molecule has 5 rings (SSSR count). The number of halogens is 1. The SMILES string of the molecule is N#Cc1cccc(C(=O)Nc2ccc(C3(c4nc5ccc(Cl)cc5[nH]4)CCC3)cc2)c1. The summed E-state index contributed by atoms with van der Waals surface area (Å²) in [6.45, 7) is 0. The third kappa shape index (κ3) is 3.45. The molecule has 0 radical (unpaired) electrons. The highest BCUT2D eigenvalue weighted by Crippen LogP contribution is 2.48. The van der Waals surface area contributed by atoms with Crippen LogP contribution >= 0.6 is 11.6 Å². The van der Waals surface area contributed by atoms with Crippen molar-refractivity contribution in [1.82, 2.24) is 9.97 Å². The molecule has 31 heavy (non-hydrogen) atoms. The van der Waals surface area contributed by atoms with Crippen LogP contribution in [0.15, 0.2) is 66.7 Å². The molecule has 152 valence electrons. The van der Waals surface area contributed by atoms with Crippen molar-refractivity contribution < 1.29 is 4.79 Å². The number of carbonyl (C=O) groups is 1. The molecular weight excluding hydrogens is 408 g/mol. The summed E-state index contributed by atoms with van der Waals surface area (Å²) in [6.07, 6.45) is 3.19. The second kappa shape index (κ2) is 7.57. The minimum atomic E-state index is -0.239. The van der Waals surface area contributed by atoms with E-state index in [2.05, 4.69) is 28.5 Å². The van der Waals surface area contributed by atoms with Crippen LogP contribution in [0.1, 0.15) is 46.6 Å². The minimum Gasteiger partial charge on any atom is -0.341 e. The van der Waals surface area contributed by atoms with Crippen molar-refractivity contribution >= 4 is 34.2 Å². The minimum absolute atomic E-state index is 0.144. The normalized spacial score (nSPS) is 14.6. The number of hydrogen-bond donors (Lipinski definition) is 2. The quantitative estimate of drug-likeness (QED) is 0.432. The Morgan fingerprint density at radius 1 is 1.10 bits per heavy atom. The summed E-state index contributed by atoms with van der Waals surface area (Å²) in [7, 11) is 0. The molecule has 1 aliphatic rings. The number of hydrogen-bond acceptors (Lipinski definition) is 3. The van der Waals surface area contributed by atoms with Crippen LogP contribution in [0.4, 0.5) is 5.69 Å². The summed E-state index contributed by atoms with van der Waals surface area (Å²) < 4.78 is 0. The molecule has 0 atom stereocenters. The number of amides is 1. The smallest absolute Gasteiger partial charge is 0.255 e. The molecule has 0 unspecified atom stereocenters. The van der Waals surface area contributed by atoms with Gasteiger partial charge in [0, 0.05) is 16.3 Å². The van der Waals surface area contributed by atoms with Gasteiger partial charge in [-0.15, -0.1) is 0 Å². The maximum Gasteiger partial charge on any atom is 0.255 e. The number of imidazole rings is 1. The van der Waals surface area contributed by atoms with E-state index in [-0.39, 0.29) is 11.3 Å². The number of fused-ring (bicyclic) bond motifs is 1. The van der Waals surface area contributed by atoms with Gasteiger partial charge in [0.15, 0.2) is 0 Å². The summed E-state index contributed by atoms with van der Waals surface area (Å²) in [4.78, 5) is 20.8. The summed E-state index contributed by atoms with van der Waals surface area (Å²) in [5.74, 6) is 0.721. The molecule has 1 fully saturated rings. The van der Waals surface area contributed by atoms with Gasteiger partial charge in [0.25, 0.3) is 5.91 Å². The second-order valence-corrected chi connectivity index (χ2v) is 8.34. The zero-order valence-corrected chi connectivity index (χ0v) is 17.4. The number of rotatable bonds is 4. The number of nitrogens with one attached hydrogen (secondary N) is 2. The first kappa shape index (κ1) is 19.3. The zero-order chi connectivity index (χ0) is 21.4. The highest BCUT2D eigenvalue weighted by molar-refractivity contribution is 6.31. The van der Waals surface area contributed by atoms with E-state index in [9.17, 15) is 4.79 Å². The molecule has 1 amide bonds. The summed E-state index contributed by atoms with van der Waals surface area (Å²) >= 11 is 6.13. The lowest BCUT2D eigenvalue weighted by Gasteiger charge is -2.40. The van der Waals surface area contributed by atoms with Gasteiger partial charge in [0.1, 0.15) is 5.82 Å². The Hall–Kier alpha value is -3.62. The number of anilines is 1. The van der Waals surface area contributed by atoms with Crippen molar-refractivity contribution in [3.8, 4) is 6.07 Å². The van der Waals surface area contributed by atoms with Crippen molar-refractivity contribution in [2.24, 2.45) is 0 Å². The Kier molecular flexibility index (Phi) is 4.72. The van der Waals surface area contributed by atoms with Gasteiger partial charge in [-0.25, -0.2) is 4.98 Å². The van der Waals surface area contributed by atoms with Crippen molar-refractivity contribution in [1.29, 1.82) is 5.26 Å². The molecular formula is C25H19ClN4O. The molecule has 1 aromatic heterocycles. The Morgan fingerprint density at radius 2 is 1.90 bits per heavy atom. The third-order valence-electron chi connectivity index (χ3n) is 6.05. The van der Waals surface area contributed by atoms with Crippen LogP contribution in [-0.4, -0.2) is 15.9 Å². The van der Waals surface area contributed by atoms with Crippen LogP contribution < -0.4 is 5.32 Å². The highest BCUT2D eigenvalue weighted by Gasteiger charge is 2.43. The number of carbonyl (C=O) groups excluding carboxylic acids is 1. The van der Waals surface area contributed by atoms with Crippen molar-refractivity contribution in [3.63, 3.8) is 0 Å². The van der Waals surface area contributed by atoms with Gasteiger partial charge >= 0.3 is 0 Å². The average Bonchev–Trinajstić information content (AvgIpc) is 3.17. The average molecular weight is 427 g/mol. The van der Waals surface area contributed by atoms with E-state index >= 15 is 0 Å². The van der Waals surface area contributed by atoms with Gasteiger partial charge in [-0.1, -0.05) is 36.2 Å². The maximum absolute atomic E-state index is 12.5. The molecule has 1 heterocycles. The van der Waals surface area contributed by atoms with E-state index < -0.39 is 0 Å². The second-order valence-electron chi connectivity index (χ2n) is 7.91. The van der Waals surface area contributed by atoms with Gasteiger partial charge in [-0.3, -0.25) is 4.79 Å². The van der Waals surface area contributed by atoms with Gasteiger partial charge in [-0.05, 0) is 66.9 Å². The molecule has 4 aromatic rings.